The van der Waals surface area contributed by atoms with Crippen molar-refractivity contribution >= 4 is 0 Å². The highest BCUT2D eigenvalue weighted by Gasteiger charge is 2.26. The van der Waals surface area contributed by atoms with Crippen LogP contribution >= 0.6 is 0 Å². The number of phenolic OH excluding ortho intramolecular Hbond substituents is 2. The predicted octanol–water partition coefficient (Wildman–Crippen LogP) is 5.88. The predicted molar refractivity (Wildman–Crippen MR) is 107 cm³/mol. The molecule has 0 radical (unpaired) electrons. The van der Waals surface area contributed by atoms with Gasteiger partial charge in [0.1, 0.15) is 11.5 Å². The first-order valence-electron chi connectivity index (χ1n) is 8.99. The van der Waals surface area contributed by atoms with Gasteiger partial charge in [0, 0.05) is 11.3 Å². The zero-order valence-corrected chi connectivity index (χ0v) is 15.8. The molecule has 0 saturated heterocycles. The van der Waals surface area contributed by atoms with Crippen molar-refractivity contribution in [3.05, 3.63) is 94.5 Å². The van der Waals surface area contributed by atoms with Crippen molar-refractivity contribution in [2.24, 2.45) is 0 Å². The van der Waals surface area contributed by atoms with Gasteiger partial charge in [0.05, 0.1) is 0 Å². The molecule has 0 fully saturated rings. The molecule has 0 aliphatic rings. The minimum absolute atomic E-state index is 0.164. The summed E-state index contributed by atoms with van der Waals surface area (Å²) in [4.78, 5) is 0. The summed E-state index contributed by atoms with van der Waals surface area (Å²) < 4.78 is 0. The summed E-state index contributed by atoms with van der Waals surface area (Å²) >= 11 is 0. The first-order chi connectivity index (χ1) is 12.3. The van der Waals surface area contributed by atoms with E-state index in [2.05, 4.69) is 45.9 Å². The smallest absolute Gasteiger partial charge is 0.115 e. The molecule has 2 N–H and O–H groups in total. The summed E-state index contributed by atoms with van der Waals surface area (Å²) in [6.07, 6.45) is 0. The van der Waals surface area contributed by atoms with Crippen molar-refractivity contribution in [2.75, 3.05) is 0 Å². The van der Waals surface area contributed by atoms with Gasteiger partial charge in [-0.15, -0.1) is 0 Å². The Morgan fingerprint density at radius 3 is 1.88 bits per heavy atom. The van der Waals surface area contributed by atoms with Gasteiger partial charge in [0.25, 0.3) is 0 Å². The molecule has 1 atom stereocenters. The highest BCUT2D eigenvalue weighted by molar-refractivity contribution is 5.48. The molecule has 3 aromatic rings. The second-order valence-electron chi connectivity index (χ2n) is 7.50. The summed E-state index contributed by atoms with van der Waals surface area (Å²) in [5, 5.41) is 19.1. The van der Waals surface area contributed by atoms with E-state index in [-0.39, 0.29) is 17.1 Å². The highest BCUT2D eigenvalue weighted by Crippen LogP contribution is 2.38. The second-order valence-corrected chi connectivity index (χ2v) is 7.50. The highest BCUT2D eigenvalue weighted by atomic mass is 16.3. The molecule has 3 rings (SSSR count). The molecule has 3 aromatic carbocycles. The van der Waals surface area contributed by atoms with Gasteiger partial charge in [0.2, 0.25) is 0 Å². The van der Waals surface area contributed by atoms with E-state index < -0.39 is 0 Å². The molecule has 0 saturated carbocycles. The van der Waals surface area contributed by atoms with Gasteiger partial charge >= 0.3 is 0 Å². The second kappa shape index (κ2) is 6.87. The fourth-order valence-electron chi connectivity index (χ4n) is 3.78. The van der Waals surface area contributed by atoms with Crippen LogP contribution in [0.15, 0.2) is 66.7 Å². The largest absolute Gasteiger partial charge is 0.508 e. The topological polar surface area (TPSA) is 40.5 Å². The third-order valence-corrected chi connectivity index (χ3v) is 5.50. The van der Waals surface area contributed by atoms with Crippen LogP contribution in [0.25, 0.3) is 0 Å². The Kier molecular flexibility index (Phi) is 4.78. The van der Waals surface area contributed by atoms with E-state index in [4.69, 9.17) is 0 Å². The summed E-state index contributed by atoms with van der Waals surface area (Å²) in [6.45, 7) is 8.82. The third kappa shape index (κ3) is 3.32. The van der Waals surface area contributed by atoms with Crippen LogP contribution in [-0.2, 0) is 5.41 Å². The van der Waals surface area contributed by atoms with Crippen molar-refractivity contribution in [2.45, 2.75) is 39.0 Å². The maximum Gasteiger partial charge on any atom is 0.115 e. The van der Waals surface area contributed by atoms with Crippen LogP contribution in [0.1, 0.15) is 54.5 Å². The van der Waals surface area contributed by atoms with Gasteiger partial charge in [-0.05, 0) is 59.0 Å². The van der Waals surface area contributed by atoms with E-state index in [1.54, 1.807) is 24.3 Å². The molecule has 1 unspecified atom stereocenters. The van der Waals surface area contributed by atoms with Crippen molar-refractivity contribution in [1.29, 1.82) is 0 Å². The van der Waals surface area contributed by atoms with Crippen molar-refractivity contribution in [3.63, 3.8) is 0 Å². The lowest BCUT2D eigenvalue weighted by Crippen LogP contribution is -2.21. The molecule has 0 aromatic heterocycles. The average Bonchev–Trinajstić information content (AvgIpc) is 2.62. The lowest BCUT2D eigenvalue weighted by Gasteiger charge is -2.30. The first kappa shape index (κ1) is 18.1. The summed E-state index contributed by atoms with van der Waals surface area (Å²) in [6, 6.07) is 21.4. The lowest BCUT2D eigenvalue weighted by molar-refractivity contribution is 0.474. The van der Waals surface area contributed by atoms with Crippen molar-refractivity contribution < 1.29 is 10.2 Å². The number of benzene rings is 3. The van der Waals surface area contributed by atoms with Gasteiger partial charge in [-0.2, -0.15) is 0 Å². The minimum atomic E-state index is -0.164. The maximum absolute atomic E-state index is 9.59. The van der Waals surface area contributed by atoms with Crippen LogP contribution in [0.2, 0.25) is 0 Å². The number of aromatic hydroxyl groups is 2. The molecule has 134 valence electrons. The lowest BCUT2D eigenvalue weighted by atomic mass is 9.74. The van der Waals surface area contributed by atoms with Crippen LogP contribution in [0.4, 0.5) is 0 Å². The van der Waals surface area contributed by atoms with Gasteiger partial charge < -0.3 is 10.2 Å². The Labute approximate surface area is 155 Å². The molecular weight excluding hydrogens is 320 g/mol. The fourth-order valence-corrected chi connectivity index (χ4v) is 3.78. The van der Waals surface area contributed by atoms with Crippen LogP contribution in [0.3, 0.4) is 0 Å². The van der Waals surface area contributed by atoms with E-state index in [9.17, 15) is 10.2 Å². The molecule has 0 spiro atoms. The molecular formula is C24H26O2. The number of phenols is 2. The normalized spacial score (nSPS) is 12.8. The quantitative estimate of drug-likeness (QED) is 0.619. The van der Waals surface area contributed by atoms with Gasteiger partial charge in [-0.1, -0.05) is 63.2 Å². The Morgan fingerprint density at radius 2 is 1.31 bits per heavy atom. The van der Waals surface area contributed by atoms with Gasteiger partial charge in [0.15, 0.2) is 0 Å². The summed E-state index contributed by atoms with van der Waals surface area (Å²) in [7, 11) is 0. The minimum Gasteiger partial charge on any atom is -0.508 e. The Morgan fingerprint density at radius 1 is 0.769 bits per heavy atom. The average molecular weight is 346 g/mol. The first-order valence-corrected chi connectivity index (χ1v) is 8.99. The zero-order valence-electron chi connectivity index (χ0n) is 15.8. The summed E-state index contributed by atoms with van der Waals surface area (Å²) in [5.41, 5.74) is 6.05. The summed E-state index contributed by atoms with van der Waals surface area (Å²) in [5.74, 6) is 0.821. The van der Waals surface area contributed by atoms with Crippen LogP contribution < -0.4 is 0 Å². The van der Waals surface area contributed by atoms with Crippen LogP contribution in [0, 0.1) is 6.92 Å². The molecule has 0 aliphatic carbocycles. The number of rotatable bonds is 4. The molecule has 2 nitrogen and oxygen atoms in total. The fraction of sp³-hybridized carbons (Fsp3) is 0.250. The number of hydrogen-bond acceptors (Lipinski definition) is 2. The molecule has 0 bridgehead atoms. The standard InChI is InChI=1S/C24H26O2/c1-16(18-8-12-20(25)13-9-18)22-6-5-7-23(17(22)2)24(3,4)19-10-14-21(26)15-11-19/h5-16,25-26H,1-4H3. The van der Waals surface area contributed by atoms with E-state index in [1.165, 1.54) is 27.8 Å². The molecule has 0 aliphatic heterocycles. The van der Waals surface area contributed by atoms with Gasteiger partial charge in [-0.25, -0.2) is 0 Å². The van der Waals surface area contributed by atoms with Crippen molar-refractivity contribution in [3.8, 4) is 11.5 Å². The molecule has 2 heteroatoms. The van der Waals surface area contributed by atoms with Crippen molar-refractivity contribution in [1.82, 2.24) is 0 Å². The van der Waals surface area contributed by atoms with Crippen LogP contribution in [0.5, 0.6) is 11.5 Å². The molecule has 0 heterocycles. The van der Waals surface area contributed by atoms with E-state index in [0.29, 0.717) is 5.75 Å². The SMILES string of the molecule is Cc1c(C(C)c2ccc(O)cc2)cccc1C(C)(C)c1ccc(O)cc1. The monoisotopic (exact) mass is 346 g/mol. The van der Waals surface area contributed by atoms with Gasteiger partial charge in [-0.3, -0.25) is 0 Å². The third-order valence-electron chi connectivity index (χ3n) is 5.50. The van der Waals surface area contributed by atoms with E-state index in [0.717, 1.165) is 0 Å². The Balaban J connectivity index is 2.03. The van der Waals surface area contributed by atoms with E-state index in [1.807, 2.05) is 24.3 Å². The maximum atomic E-state index is 9.59. The Hall–Kier alpha value is -2.74. The van der Waals surface area contributed by atoms with E-state index >= 15 is 0 Å². The van der Waals surface area contributed by atoms with Crippen LogP contribution in [-0.4, -0.2) is 10.2 Å². The zero-order chi connectivity index (χ0) is 18.9. The number of hydrogen-bond donors (Lipinski definition) is 2. The molecule has 26 heavy (non-hydrogen) atoms. The molecule has 0 amide bonds. The Bertz CT molecular complexity index is 890.